The monoisotopic (exact) mass is 240 g/mol. The number of aliphatic hydroxyl groups excluding tert-OH is 1. The van der Waals surface area contributed by atoms with E-state index < -0.39 is 0 Å². The Bertz CT molecular complexity index is 223. The van der Waals surface area contributed by atoms with Gasteiger partial charge in [-0.2, -0.15) is 0 Å². The molecule has 5 atom stereocenters. The summed E-state index contributed by atoms with van der Waals surface area (Å²) in [5, 5.41) is 10.4. The summed E-state index contributed by atoms with van der Waals surface area (Å²) < 4.78 is 5.73. The summed E-state index contributed by atoms with van der Waals surface area (Å²) in [4.78, 5) is 0. The van der Waals surface area contributed by atoms with E-state index in [1.807, 2.05) is 0 Å². The molecule has 2 rings (SSSR count). The van der Waals surface area contributed by atoms with Gasteiger partial charge in [-0.3, -0.25) is 0 Å². The van der Waals surface area contributed by atoms with Crippen LogP contribution in [-0.4, -0.2) is 23.9 Å². The van der Waals surface area contributed by atoms with Crippen molar-refractivity contribution in [1.29, 1.82) is 0 Å². The van der Waals surface area contributed by atoms with E-state index in [1.54, 1.807) is 0 Å². The van der Waals surface area contributed by atoms with Crippen molar-refractivity contribution < 1.29 is 9.84 Å². The summed E-state index contributed by atoms with van der Waals surface area (Å²) in [5.74, 6) is 2.13. The number of aliphatic hydroxyl groups is 1. The first kappa shape index (κ1) is 13.4. The first-order valence-electron chi connectivity index (χ1n) is 7.46. The SMILES string of the molecule is CC1CCC(C(O)CC2CCCCO2)CC1C. The van der Waals surface area contributed by atoms with Gasteiger partial charge in [0.2, 0.25) is 0 Å². The average molecular weight is 240 g/mol. The highest BCUT2D eigenvalue weighted by molar-refractivity contribution is 4.81. The maximum atomic E-state index is 10.4. The van der Waals surface area contributed by atoms with Gasteiger partial charge in [0, 0.05) is 6.61 Å². The highest BCUT2D eigenvalue weighted by atomic mass is 16.5. The number of rotatable bonds is 3. The van der Waals surface area contributed by atoms with Crippen LogP contribution in [0.3, 0.4) is 0 Å². The summed E-state index contributed by atoms with van der Waals surface area (Å²) >= 11 is 0. The molecular weight excluding hydrogens is 212 g/mol. The molecule has 0 amide bonds. The van der Waals surface area contributed by atoms with Crippen LogP contribution in [0.25, 0.3) is 0 Å². The molecule has 2 fully saturated rings. The van der Waals surface area contributed by atoms with E-state index in [0.717, 1.165) is 31.3 Å². The Balaban J connectivity index is 1.77. The van der Waals surface area contributed by atoms with Crippen LogP contribution in [0, 0.1) is 17.8 Å². The summed E-state index contributed by atoms with van der Waals surface area (Å²) in [6.45, 7) is 5.58. The van der Waals surface area contributed by atoms with Gasteiger partial charge in [0.25, 0.3) is 0 Å². The van der Waals surface area contributed by atoms with Gasteiger partial charge in [-0.1, -0.05) is 20.3 Å². The molecule has 1 saturated heterocycles. The van der Waals surface area contributed by atoms with E-state index in [0.29, 0.717) is 12.0 Å². The summed E-state index contributed by atoms with van der Waals surface area (Å²) in [7, 11) is 0. The quantitative estimate of drug-likeness (QED) is 0.819. The third kappa shape index (κ3) is 3.69. The fourth-order valence-corrected chi connectivity index (χ4v) is 3.39. The van der Waals surface area contributed by atoms with Crippen LogP contribution in [0.15, 0.2) is 0 Å². The van der Waals surface area contributed by atoms with Crippen molar-refractivity contribution in [3.05, 3.63) is 0 Å². The number of hydrogen-bond donors (Lipinski definition) is 1. The lowest BCUT2D eigenvalue weighted by Crippen LogP contribution is -2.33. The second kappa shape index (κ2) is 6.19. The Morgan fingerprint density at radius 3 is 2.59 bits per heavy atom. The topological polar surface area (TPSA) is 29.5 Å². The van der Waals surface area contributed by atoms with Crippen LogP contribution in [0.4, 0.5) is 0 Å². The lowest BCUT2D eigenvalue weighted by atomic mass is 9.73. The summed E-state index contributed by atoms with van der Waals surface area (Å²) in [6.07, 6.45) is 8.38. The van der Waals surface area contributed by atoms with Crippen LogP contribution in [0.1, 0.15) is 58.8 Å². The Morgan fingerprint density at radius 1 is 1.12 bits per heavy atom. The molecule has 100 valence electrons. The van der Waals surface area contributed by atoms with Crippen LogP contribution >= 0.6 is 0 Å². The zero-order valence-corrected chi connectivity index (χ0v) is 11.4. The molecule has 1 N–H and O–H groups in total. The molecule has 2 aliphatic rings. The summed E-state index contributed by atoms with van der Waals surface area (Å²) in [5.41, 5.74) is 0. The fraction of sp³-hybridized carbons (Fsp3) is 1.00. The van der Waals surface area contributed by atoms with Gasteiger partial charge < -0.3 is 9.84 Å². The molecule has 0 aromatic carbocycles. The standard InChI is InChI=1S/C15H28O2/c1-11-6-7-13(9-12(11)2)15(16)10-14-5-3-4-8-17-14/h11-16H,3-10H2,1-2H3. The number of ether oxygens (including phenoxy) is 1. The minimum atomic E-state index is -0.131. The van der Waals surface area contributed by atoms with Crippen molar-refractivity contribution >= 4 is 0 Å². The van der Waals surface area contributed by atoms with Gasteiger partial charge in [-0.25, -0.2) is 0 Å². The third-order valence-corrected chi connectivity index (χ3v) is 4.96. The molecule has 2 nitrogen and oxygen atoms in total. The van der Waals surface area contributed by atoms with Crippen molar-refractivity contribution in [2.45, 2.75) is 71.0 Å². The molecule has 17 heavy (non-hydrogen) atoms. The predicted octanol–water partition coefficient (Wildman–Crippen LogP) is 3.38. The van der Waals surface area contributed by atoms with E-state index in [1.165, 1.54) is 32.1 Å². The molecule has 0 aromatic rings. The van der Waals surface area contributed by atoms with Gasteiger partial charge in [-0.15, -0.1) is 0 Å². The van der Waals surface area contributed by atoms with Crippen molar-refractivity contribution in [2.75, 3.05) is 6.61 Å². The zero-order valence-electron chi connectivity index (χ0n) is 11.4. The molecule has 0 spiro atoms. The largest absolute Gasteiger partial charge is 0.393 e. The van der Waals surface area contributed by atoms with E-state index in [9.17, 15) is 5.11 Å². The lowest BCUT2D eigenvalue weighted by Gasteiger charge is -2.36. The van der Waals surface area contributed by atoms with E-state index >= 15 is 0 Å². The van der Waals surface area contributed by atoms with Crippen LogP contribution in [0.2, 0.25) is 0 Å². The average Bonchev–Trinajstić information content (AvgIpc) is 2.34. The van der Waals surface area contributed by atoms with E-state index in [-0.39, 0.29) is 6.10 Å². The number of hydrogen-bond acceptors (Lipinski definition) is 2. The van der Waals surface area contributed by atoms with Gasteiger partial charge in [0.05, 0.1) is 12.2 Å². The summed E-state index contributed by atoms with van der Waals surface area (Å²) in [6, 6.07) is 0. The molecule has 0 aromatic heterocycles. The Kier molecular flexibility index (Phi) is 4.87. The Labute approximate surface area is 106 Å². The minimum absolute atomic E-state index is 0.131. The maximum absolute atomic E-state index is 10.4. The fourth-order valence-electron chi connectivity index (χ4n) is 3.39. The zero-order chi connectivity index (χ0) is 12.3. The molecule has 1 aliphatic heterocycles. The predicted molar refractivity (Wildman–Crippen MR) is 69.9 cm³/mol. The van der Waals surface area contributed by atoms with Gasteiger partial charge in [0.15, 0.2) is 0 Å². The van der Waals surface area contributed by atoms with Crippen molar-refractivity contribution in [2.24, 2.45) is 17.8 Å². The van der Waals surface area contributed by atoms with Gasteiger partial charge >= 0.3 is 0 Å². The highest BCUT2D eigenvalue weighted by Gasteiger charge is 2.30. The first-order chi connectivity index (χ1) is 8.16. The lowest BCUT2D eigenvalue weighted by molar-refractivity contribution is -0.0366. The molecule has 0 radical (unpaired) electrons. The normalized spacial score (nSPS) is 41.1. The molecule has 1 aliphatic carbocycles. The smallest absolute Gasteiger partial charge is 0.0599 e. The first-order valence-corrected chi connectivity index (χ1v) is 7.46. The second-order valence-corrected chi connectivity index (χ2v) is 6.32. The van der Waals surface area contributed by atoms with Gasteiger partial charge in [0.1, 0.15) is 0 Å². The minimum Gasteiger partial charge on any atom is -0.393 e. The Hall–Kier alpha value is -0.0800. The molecule has 1 heterocycles. The van der Waals surface area contributed by atoms with Gasteiger partial charge in [-0.05, 0) is 56.3 Å². The van der Waals surface area contributed by atoms with E-state index in [2.05, 4.69) is 13.8 Å². The Morgan fingerprint density at radius 2 is 1.94 bits per heavy atom. The van der Waals surface area contributed by atoms with Crippen molar-refractivity contribution in [3.63, 3.8) is 0 Å². The van der Waals surface area contributed by atoms with Crippen LogP contribution in [-0.2, 0) is 4.74 Å². The van der Waals surface area contributed by atoms with Crippen molar-refractivity contribution in [1.82, 2.24) is 0 Å². The third-order valence-electron chi connectivity index (χ3n) is 4.96. The van der Waals surface area contributed by atoms with Crippen LogP contribution in [0.5, 0.6) is 0 Å². The van der Waals surface area contributed by atoms with E-state index in [4.69, 9.17) is 4.74 Å². The molecule has 1 saturated carbocycles. The van der Waals surface area contributed by atoms with Crippen molar-refractivity contribution in [3.8, 4) is 0 Å². The highest BCUT2D eigenvalue weighted by Crippen LogP contribution is 2.36. The maximum Gasteiger partial charge on any atom is 0.0599 e. The van der Waals surface area contributed by atoms with Crippen LogP contribution < -0.4 is 0 Å². The second-order valence-electron chi connectivity index (χ2n) is 6.32. The molecule has 5 unspecified atom stereocenters. The molecule has 0 bridgehead atoms. The molecule has 2 heteroatoms. The molecular formula is C15H28O2.